The molecule has 0 radical (unpaired) electrons. The van der Waals surface area contributed by atoms with Gasteiger partial charge in [-0.25, -0.2) is 0 Å². The van der Waals surface area contributed by atoms with Crippen molar-refractivity contribution in [1.29, 1.82) is 0 Å². The number of hydrazone groups is 1. The van der Waals surface area contributed by atoms with Crippen LogP contribution in [0.5, 0.6) is 0 Å². The second kappa shape index (κ2) is 10.8. The van der Waals surface area contributed by atoms with Crippen molar-refractivity contribution in [2.24, 2.45) is 5.10 Å². The van der Waals surface area contributed by atoms with Crippen molar-refractivity contribution in [1.82, 2.24) is 9.88 Å². The molecule has 1 amide bonds. The zero-order valence-corrected chi connectivity index (χ0v) is 20.6. The second-order valence-corrected chi connectivity index (χ2v) is 9.16. The summed E-state index contributed by atoms with van der Waals surface area (Å²) >= 11 is 0. The van der Waals surface area contributed by atoms with Gasteiger partial charge < -0.3 is 9.88 Å². The molecule has 0 saturated heterocycles. The minimum atomic E-state index is -4.29. The third kappa shape index (κ3) is 5.61. The van der Waals surface area contributed by atoms with Gasteiger partial charge in [-0.3, -0.25) is 9.35 Å². The molecule has 1 aliphatic heterocycles. The van der Waals surface area contributed by atoms with Gasteiger partial charge in [0.05, 0.1) is 21.9 Å². The van der Waals surface area contributed by atoms with Crippen molar-refractivity contribution < 1.29 is 17.8 Å². The lowest BCUT2D eigenvalue weighted by molar-refractivity contribution is -0.114. The molecule has 0 spiro atoms. The van der Waals surface area contributed by atoms with Crippen molar-refractivity contribution >= 4 is 44.4 Å². The van der Waals surface area contributed by atoms with Crippen molar-refractivity contribution in [3.8, 4) is 0 Å². The largest absolute Gasteiger partial charge is 0.361 e. The summed E-state index contributed by atoms with van der Waals surface area (Å²) in [6.07, 6.45) is 3.62. The van der Waals surface area contributed by atoms with Gasteiger partial charge in [-0.1, -0.05) is 39.0 Å². The smallest absolute Gasteiger partial charge is 0.294 e. The highest BCUT2D eigenvalue weighted by atomic mass is 32.2. The Bertz CT molecular complexity index is 1310. The number of amides is 1. The Morgan fingerprint density at radius 3 is 2.21 bits per heavy atom. The first-order chi connectivity index (χ1) is 16.2. The molecule has 0 unspecified atom stereocenters. The van der Waals surface area contributed by atoms with Crippen molar-refractivity contribution in [2.75, 3.05) is 24.6 Å². The van der Waals surface area contributed by atoms with Crippen molar-refractivity contribution in [2.45, 2.75) is 32.6 Å². The van der Waals surface area contributed by atoms with Gasteiger partial charge in [0.2, 0.25) is 0 Å². The summed E-state index contributed by atoms with van der Waals surface area (Å²) < 4.78 is 31.4. The average Bonchev–Trinajstić information content (AvgIpc) is 3.36. The van der Waals surface area contributed by atoms with E-state index >= 15 is 0 Å². The molecule has 34 heavy (non-hydrogen) atoms. The molecule has 2 N–H and O–H groups in total. The molecule has 1 aromatic heterocycles. The van der Waals surface area contributed by atoms with Crippen LogP contribution in [0.25, 0.3) is 17.0 Å². The minimum Gasteiger partial charge on any atom is -0.361 e. The van der Waals surface area contributed by atoms with Crippen LogP contribution in [-0.2, 0) is 14.9 Å². The van der Waals surface area contributed by atoms with Crippen LogP contribution in [0.4, 0.5) is 5.69 Å². The van der Waals surface area contributed by atoms with E-state index < -0.39 is 10.1 Å². The van der Waals surface area contributed by atoms with Crippen LogP contribution in [0.2, 0.25) is 0 Å². The fourth-order valence-corrected chi connectivity index (χ4v) is 4.14. The van der Waals surface area contributed by atoms with E-state index in [4.69, 9.17) is 4.55 Å². The van der Waals surface area contributed by atoms with Crippen LogP contribution in [-0.4, -0.2) is 54.1 Å². The summed E-state index contributed by atoms with van der Waals surface area (Å²) in [7, 11) is -4.29. The number of H-pyrrole nitrogens is 1. The fourth-order valence-electron chi connectivity index (χ4n) is 3.66. The highest BCUT2D eigenvalue weighted by molar-refractivity contribution is 7.85. The van der Waals surface area contributed by atoms with E-state index in [9.17, 15) is 13.2 Å². The average molecular weight is 483 g/mol. The maximum absolute atomic E-state index is 12.8. The van der Waals surface area contributed by atoms with E-state index in [-0.39, 0.29) is 10.8 Å². The molecule has 3 aromatic rings. The molecule has 180 valence electrons. The van der Waals surface area contributed by atoms with Gasteiger partial charge in [0.1, 0.15) is 0 Å². The van der Waals surface area contributed by atoms with Gasteiger partial charge in [0.15, 0.2) is 0 Å². The number of para-hydroxylation sites is 1. The summed E-state index contributed by atoms with van der Waals surface area (Å²) in [5, 5.41) is 6.50. The zero-order valence-electron chi connectivity index (χ0n) is 19.8. The molecule has 2 aromatic carbocycles. The molecule has 1 aliphatic rings. The van der Waals surface area contributed by atoms with E-state index in [0.717, 1.165) is 16.5 Å². The van der Waals surface area contributed by atoms with Crippen LogP contribution in [0.3, 0.4) is 0 Å². The molecular weight excluding hydrogens is 452 g/mol. The van der Waals surface area contributed by atoms with Crippen LogP contribution in [0.1, 0.15) is 33.3 Å². The topological polar surface area (TPSA) is 106 Å². The minimum absolute atomic E-state index is 0.242. The van der Waals surface area contributed by atoms with E-state index in [1.54, 1.807) is 13.0 Å². The number of nitrogens with zero attached hydrogens (tertiary/aromatic N) is 3. The normalized spacial score (nSPS) is 15.1. The first kappa shape index (κ1) is 25.4. The third-order valence-corrected chi connectivity index (χ3v) is 6.57. The zero-order chi connectivity index (χ0) is 24.9. The maximum atomic E-state index is 12.8. The maximum Gasteiger partial charge on any atom is 0.294 e. The number of carbonyl (C=O) groups excluding carboxylic acids is 1. The number of rotatable bonds is 6. The number of benzene rings is 2. The SMILES string of the molecule is CC1=NN(c2ccc(S(=O)(=O)O)cc2)C(=O)C1=Cc1c[nH]c2ccccc12.CCN(CC)CC. The number of aromatic amines is 1. The quantitative estimate of drug-likeness (QED) is 0.395. The highest BCUT2D eigenvalue weighted by Gasteiger charge is 2.29. The standard InChI is InChI=1S/C19H15N3O4S.C6H15N/c1-12-17(10-13-11-20-18-5-3-2-4-16(13)18)19(23)22(21-12)14-6-8-15(9-7-14)27(24,25)26;1-4-7(5-2)6-3/h2-11,20H,1H3,(H,24,25,26);4-6H2,1-3H3. The molecule has 0 atom stereocenters. The number of aromatic nitrogens is 1. The molecule has 9 heteroatoms. The Kier molecular flexibility index (Phi) is 8.03. The molecule has 0 saturated carbocycles. The van der Waals surface area contributed by atoms with Gasteiger partial charge in [0.25, 0.3) is 16.0 Å². The summed E-state index contributed by atoms with van der Waals surface area (Å²) in [5.41, 5.74) is 3.28. The van der Waals surface area contributed by atoms with E-state index in [2.05, 4.69) is 35.8 Å². The van der Waals surface area contributed by atoms with E-state index in [1.807, 2.05) is 30.5 Å². The molecule has 4 rings (SSSR count). The van der Waals surface area contributed by atoms with Crippen LogP contribution in [0, 0.1) is 0 Å². The Morgan fingerprint density at radius 1 is 1.03 bits per heavy atom. The summed E-state index contributed by atoms with van der Waals surface area (Å²) in [5.74, 6) is -0.308. The second-order valence-electron chi connectivity index (χ2n) is 7.74. The Morgan fingerprint density at radius 2 is 1.65 bits per heavy atom. The van der Waals surface area contributed by atoms with E-state index in [0.29, 0.717) is 17.0 Å². The Balaban J connectivity index is 0.000000406. The van der Waals surface area contributed by atoms with Gasteiger partial charge in [-0.2, -0.15) is 18.5 Å². The molecule has 8 nitrogen and oxygen atoms in total. The van der Waals surface area contributed by atoms with E-state index in [1.165, 1.54) is 48.9 Å². The number of hydrogen-bond acceptors (Lipinski definition) is 5. The van der Waals surface area contributed by atoms with Gasteiger partial charge in [-0.05, 0) is 63.0 Å². The molecular formula is C25H30N4O4S. The fraction of sp³-hybridized carbons (Fsp3) is 0.280. The number of carbonyl (C=O) groups is 1. The monoisotopic (exact) mass is 482 g/mol. The van der Waals surface area contributed by atoms with Gasteiger partial charge in [0, 0.05) is 22.7 Å². The van der Waals surface area contributed by atoms with Crippen LogP contribution >= 0.6 is 0 Å². The van der Waals surface area contributed by atoms with Gasteiger partial charge in [-0.15, -0.1) is 0 Å². The lowest BCUT2D eigenvalue weighted by Crippen LogP contribution is -2.21. The van der Waals surface area contributed by atoms with Crippen molar-refractivity contribution in [3.05, 3.63) is 65.9 Å². The van der Waals surface area contributed by atoms with Crippen molar-refractivity contribution in [3.63, 3.8) is 0 Å². The Hall–Kier alpha value is -3.27. The first-order valence-electron chi connectivity index (χ1n) is 11.2. The number of anilines is 1. The summed E-state index contributed by atoms with van der Waals surface area (Å²) in [6, 6.07) is 13.1. The lowest BCUT2D eigenvalue weighted by atomic mass is 10.1. The number of fused-ring (bicyclic) bond motifs is 1. The summed E-state index contributed by atoms with van der Waals surface area (Å²) in [4.78, 5) is 18.1. The van der Waals surface area contributed by atoms with Crippen LogP contribution < -0.4 is 5.01 Å². The van der Waals surface area contributed by atoms with Gasteiger partial charge >= 0.3 is 0 Å². The third-order valence-electron chi connectivity index (χ3n) is 5.70. The first-order valence-corrected chi connectivity index (χ1v) is 12.6. The highest BCUT2D eigenvalue weighted by Crippen LogP contribution is 2.28. The Labute approximate surface area is 200 Å². The van der Waals surface area contributed by atoms with Crippen LogP contribution in [0.15, 0.2) is 70.3 Å². The number of nitrogens with one attached hydrogen (secondary N) is 1. The molecule has 0 fully saturated rings. The molecule has 2 heterocycles. The summed E-state index contributed by atoms with van der Waals surface area (Å²) in [6.45, 7) is 11.9. The predicted molar refractivity (Wildman–Crippen MR) is 137 cm³/mol. The molecule has 0 aliphatic carbocycles. The molecule has 0 bridgehead atoms. The number of hydrogen-bond donors (Lipinski definition) is 2. The predicted octanol–water partition coefficient (Wildman–Crippen LogP) is 4.57. The lowest BCUT2D eigenvalue weighted by Gasteiger charge is -2.13.